The van der Waals surface area contributed by atoms with Crippen LogP contribution < -0.4 is 5.73 Å². The molecule has 0 aromatic heterocycles. The number of carbonyl (C=O) groups excluding carboxylic acids is 1. The van der Waals surface area contributed by atoms with Gasteiger partial charge in [0.05, 0.1) is 6.54 Å². The number of Topliss-reactive ketones (excluding diaryl/α,β-unsaturated/α-hetero) is 1. The first-order chi connectivity index (χ1) is 10.3. The quantitative estimate of drug-likeness (QED) is 0.591. The van der Waals surface area contributed by atoms with Gasteiger partial charge in [-0.3, -0.25) is 4.79 Å². The summed E-state index contributed by atoms with van der Waals surface area (Å²) >= 11 is 0. The summed E-state index contributed by atoms with van der Waals surface area (Å²) in [5.74, 6) is 0.00408. The number of hydrogen-bond donors (Lipinski definition) is 1. The van der Waals surface area contributed by atoms with Gasteiger partial charge in [0.1, 0.15) is 0 Å². The van der Waals surface area contributed by atoms with Crippen LogP contribution in [0.3, 0.4) is 0 Å². The Morgan fingerprint density at radius 1 is 0.762 bits per heavy atom. The molecular formula is C19H23NO. The molecule has 0 saturated heterocycles. The first-order valence-corrected chi connectivity index (χ1v) is 7.66. The van der Waals surface area contributed by atoms with E-state index in [1.165, 1.54) is 30.4 Å². The summed E-state index contributed by atoms with van der Waals surface area (Å²) < 4.78 is 0. The van der Waals surface area contributed by atoms with E-state index in [2.05, 4.69) is 30.3 Å². The summed E-state index contributed by atoms with van der Waals surface area (Å²) in [5, 5.41) is 0. The van der Waals surface area contributed by atoms with Crippen LogP contribution in [0.25, 0.3) is 0 Å². The Morgan fingerprint density at radius 3 is 1.90 bits per heavy atom. The Hall–Kier alpha value is -1.93. The largest absolute Gasteiger partial charge is 0.324 e. The Labute approximate surface area is 127 Å². The fourth-order valence-corrected chi connectivity index (χ4v) is 2.45. The molecule has 0 bridgehead atoms. The molecule has 21 heavy (non-hydrogen) atoms. The van der Waals surface area contributed by atoms with Crippen molar-refractivity contribution in [1.82, 2.24) is 0 Å². The van der Waals surface area contributed by atoms with Crippen LogP contribution in [0, 0.1) is 0 Å². The van der Waals surface area contributed by atoms with Gasteiger partial charge in [0, 0.05) is 5.56 Å². The molecule has 0 spiro atoms. The highest BCUT2D eigenvalue weighted by Crippen LogP contribution is 2.11. The third-order valence-corrected chi connectivity index (χ3v) is 3.74. The molecule has 2 aromatic rings. The molecule has 0 unspecified atom stereocenters. The maximum atomic E-state index is 11.4. The van der Waals surface area contributed by atoms with Crippen LogP contribution in [0.1, 0.15) is 40.7 Å². The maximum Gasteiger partial charge on any atom is 0.176 e. The van der Waals surface area contributed by atoms with Gasteiger partial charge < -0.3 is 5.73 Å². The second-order valence-corrected chi connectivity index (χ2v) is 5.37. The Balaban J connectivity index is 1.68. The molecule has 0 aliphatic rings. The molecule has 2 aromatic carbocycles. The molecule has 0 atom stereocenters. The Kier molecular flexibility index (Phi) is 6.17. The van der Waals surface area contributed by atoms with E-state index in [0.29, 0.717) is 5.56 Å². The fourth-order valence-electron chi connectivity index (χ4n) is 2.45. The lowest BCUT2D eigenvalue weighted by molar-refractivity contribution is 0.100. The van der Waals surface area contributed by atoms with E-state index in [-0.39, 0.29) is 12.3 Å². The molecule has 2 rings (SSSR count). The van der Waals surface area contributed by atoms with Gasteiger partial charge in [-0.15, -0.1) is 0 Å². The average Bonchev–Trinajstić information content (AvgIpc) is 2.55. The molecule has 0 saturated carbocycles. The highest BCUT2D eigenvalue weighted by Gasteiger charge is 2.02. The van der Waals surface area contributed by atoms with Gasteiger partial charge in [-0.2, -0.15) is 0 Å². The third kappa shape index (κ3) is 5.16. The molecule has 0 aliphatic carbocycles. The van der Waals surface area contributed by atoms with Crippen molar-refractivity contribution in [1.29, 1.82) is 0 Å². The van der Waals surface area contributed by atoms with Crippen molar-refractivity contribution in [3.05, 3.63) is 71.3 Å². The lowest BCUT2D eigenvalue weighted by Gasteiger charge is -2.04. The molecule has 2 nitrogen and oxygen atoms in total. The molecule has 0 amide bonds. The number of ketones is 1. The minimum atomic E-state index is 0.00408. The van der Waals surface area contributed by atoms with E-state index >= 15 is 0 Å². The summed E-state index contributed by atoms with van der Waals surface area (Å²) in [7, 11) is 0. The van der Waals surface area contributed by atoms with Gasteiger partial charge in [0.15, 0.2) is 5.78 Å². The molecule has 0 fully saturated rings. The monoisotopic (exact) mass is 281 g/mol. The van der Waals surface area contributed by atoms with Gasteiger partial charge in [-0.25, -0.2) is 0 Å². The zero-order valence-electron chi connectivity index (χ0n) is 12.4. The number of rotatable bonds is 8. The van der Waals surface area contributed by atoms with E-state index in [9.17, 15) is 4.79 Å². The number of benzene rings is 2. The highest BCUT2D eigenvalue weighted by atomic mass is 16.1. The predicted octanol–water partition coefficient (Wildman–Crippen LogP) is 3.78. The zero-order chi connectivity index (χ0) is 14.9. The van der Waals surface area contributed by atoms with Crippen molar-refractivity contribution in [3.8, 4) is 0 Å². The molecule has 0 radical (unpaired) electrons. The summed E-state index contributed by atoms with van der Waals surface area (Å²) in [6, 6.07) is 18.5. The topological polar surface area (TPSA) is 43.1 Å². The SMILES string of the molecule is NCC(=O)c1ccc(CCCCCc2ccccc2)cc1. The summed E-state index contributed by atoms with van der Waals surface area (Å²) in [5.41, 5.74) is 8.78. The van der Waals surface area contributed by atoms with Crippen LogP contribution >= 0.6 is 0 Å². The number of unbranched alkanes of at least 4 members (excludes halogenated alkanes) is 2. The van der Waals surface area contributed by atoms with Crippen LogP contribution in [0.15, 0.2) is 54.6 Å². The van der Waals surface area contributed by atoms with Gasteiger partial charge >= 0.3 is 0 Å². The summed E-state index contributed by atoms with van der Waals surface area (Å²) in [6.45, 7) is 0.0822. The average molecular weight is 281 g/mol. The standard InChI is InChI=1S/C19H23NO/c20-15-19(21)18-13-11-17(12-14-18)10-6-2-5-9-16-7-3-1-4-8-16/h1,3-4,7-8,11-14H,2,5-6,9-10,15,20H2. The zero-order valence-corrected chi connectivity index (χ0v) is 12.4. The Bertz CT molecular complexity index is 546. The van der Waals surface area contributed by atoms with Crippen LogP contribution in [0.4, 0.5) is 0 Å². The maximum absolute atomic E-state index is 11.4. The molecule has 2 N–H and O–H groups in total. The van der Waals surface area contributed by atoms with Crippen molar-refractivity contribution in [2.24, 2.45) is 5.73 Å². The van der Waals surface area contributed by atoms with Gasteiger partial charge in [-0.1, -0.05) is 61.0 Å². The molecular weight excluding hydrogens is 258 g/mol. The normalized spacial score (nSPS) is 10.5. The minimum Gasteiger partial charge on any atom is -0.324 e. The van der Waals surface area contributed by atoms with Crippen molar-refractivity contribution in [2.45, 2.75) is 32.1 Å². The lowest BCUT2D eigenvalue weighted by atomic mass is 10.0. The molecule has 2 heteroatoms. The first-order valence-electron chi connectivity index (χ1n) is 7.66. The second kappa shape index (κ2) is 8.38. The van der Waals surface area contributed by atoms with Crippen molar-refractivity contribution >= 4 is 5.78 Å². The van der Waals surface area contributed by atoms with Crippen molar-refractivity contribution < 1.29 is 4.79 Å². The van der Waals surface area contributed by atoms with Crippen LogP contribution in [-0.2, 0) is 12.8 Å². The molecule has 0 heterocycles. The van der Waals surface area contributed by atoms with Crippen molar-refractivity contribution in [3.63, 3.8) is 0 Å². The van der Waals surface area contributed by atoms with Crippen LogP contribution in [0.5, 0.6) is 0 Å². The van der Waals surface area contributed by atoms with Crippen molar-refractivity contribution in [2.75, 3.05) is 6.54 Å². The van der Waals surface area contributed by atoms with Gasteiger partial charge in [0.2, 0.25) is 0 Å². The van der Waals surface area contributed by atoms with E-state index in [1.54, 1.807) is 0 Å². The van der Waals surface area contributed by atoms with E-state index in [4.69, 9.17) is 5.73 Å². The third-order valence-electron chi connectivity index (χ3n) is 3.74. The van der Waals surface area contributed by atoms with Crippen LogP contribution in [0.2, 0.25) is 0 Å². The highest BCUT2D eigenvalue weighted by molar-refractivity contribution is 5.97. The fraction of sp³-hybridized carbons (Fsp3) is 0.316. The molecule has 110 valence electrons. The number of nitrogens with two attached hydrogens (primary N) is 1. The first kappa shape index (κ1) is 15.5. The summed E-state index contributed by atoms with van der Waals surface area (Å²) in [6.07, 6.45) is 5.89. The Morgan fingerprint density at radius 2 is 1.33 bits per heavy atom. The number of aryl methyl sites for hydroxylation is 2. The van der Waals surface area contributed by atoms with E-state index < -0.39 is 0 Å². The smallest absolute Gasteiger partial charge is 0.176 e. The molecule has 0 aliphatic heterocycles. The number of carbonyl (C=O) groups is 1. The number of hydrogen-bond acceptors (Lipinski definition) is 2. The lowest BCUT2D eigenvalue weighted by Crippen LogP contribution is -2.13. The van der Waals surface area contributed by atoms with Gasteiger partial charge in [0.25, 0.3) is 0 Å². The van der Waals surface area contributed by atoms with Gasteiger partial charge in [-0.05, 0) is 36.8 Å². The van der Waals surface area contributed by atoms with E-state index in [0.717, 1.165) is 12.8 Å². The summed E-state index contributed by atoms with van der Waals surface area (Å²) in [4.78, 5) is 11.4. The minimum absolute atomic E-state index is 0.00408. The predicted molar refractivity (Wildman–Crippen MR) is 87.5 cm³/mol. The van der Waals surface area contributed by atoms with Crippen LogP contribution in [-0.4, -0.2) is 12.3 Å². The second-order valence-electron chi connectivity index (χ2n) is 5.37. The van der Waals surface area contributed by atoms with E-state index in [1.807, 2.05) is 24.3 Å².